The number of rotatable bonds is 6. The molecule has 0 spiro atoms. The van der Waals surface area contributed by atoms with Gasteiger partial charge in [0, 0.05) is 36.6 Å². The molecule has 0 N–H and O–H groups in total. The Morgan fingerprint density at radius 3 is 2.33 bits per heavy atom. The molecular formula is C20H19BrN2O4. The Balaban J connectivity index is 1.62. The highest BCUT2D eigenvalue weighted by molar-refractivity contribution is 9.10. The second-order valence-corrected chi connectivity index (χ2v) is 7.18. The average Bonchev–Trinajstić information content (AvgIpc) is 2.91. The zero-order chi connectivity index (χ0) is 19.6. The quantitative estimate of drug-likeness (QED) is 0.660. The monoisotopic (exact) mass is 430 g/mol. The number of benzene rings is 2. The summed E-state index contributed by atoms with van der Waals surface area (Å²) >= 11 is 3.41. The number of carbonyl (C=O) groups is 3. The molecule has 0 atom stereocenters. The Bertz CT molecular complexity index is 878. The van der Waals surface area contributed by atoms with Crippen LogP contribution in [0.5, 0.6) is 5.75 Å². The van der Waals surface area contributed by atoms with Crippen LogP contribution in [0.1, 0.15) is 32.7 Å². The summed E-state index contributed by atoms with van der Waals surface area (Å²) in [6, 6.07) is 12.3. The van der Waals surface area contributed by atoms with Crippen LogP contribution in [0.25, 0.3) is 0 Å². The maximum atomic E-state index is 12.5. The molecule has 6 nitrogen and oxygen atoms in total. The van der Waals surface area contributed by atoms with E-state index in [2.05, 4.69) is 15.9 Å². The molecule has 3 amide bonds. The van der Waals surface area contributed by atoms with Crippen LogP contribution in [0.3, 0.4) is 0 Å². The van der Waals surface area contributed by atoms with Crippen molar-refractivity contribution >= 4 is 33.7 Å². The molecule has 0 saturated heterocycles. The Morgan fingerprint density at radius 2 is 1.74 bits per heavy atom. The number of imide groups is 1. The van der Waals surface area contributed by atoms with Crippen LogP contribution >= 0.6 is 15.9 Å². The van der Waals surface area contributed by atoms with Crippen LogP contribution < -0.4 is 4.74 Å². The molecule has 0 bridgehead atoms. The van der Waals surface area contributed by atoms with Crippen LogP contribution in [0.2, 0.25) is 0 Å². The molecule has 7 heteroatoms. The third-order valence-electron chi connectivity index (χ3n) is 4.50. The van der Waals surface area contributed by atoms with Crippen LogP contribution in [-0.4, -0.2) is 48.2 Å². The minimum atomic E-state index is -0.347. The van der Waals surface area contributed by atoms with Gasteiger partial charge < -0.3 is 9.64 Å². The average molecular weight is 431 g/mol. The predicted octanol–water partition coefficient (Wildman–Crippen LogP) is 3.10. The lowest BCUT2D eigenvalue weighted by molar-refractivity contribution is -0.130. The molecule has 2 aromatic rings. The van der Waals surface area contributed by atoms with Gasteiger partial charge in [-0.05, 0) is 30.3 Å². The van der Waals surface area contributed by atoms with Gasteiger partial charge in [0.1, 0.15) is 5.75 Å². The van der Waals surface area contributed by atoms with Crippen molar-refractivity contribution in [2.75, 3.05) is 20.7 Å². The first kappa shape index (κ1) is 19.1. The number of ether oxygens (including phenoxy) is 1. The second-order valence-electron chi connectivity index (χ2n) is 6.26. The maximum Gasteiger partial charge on any atom is 0.261 e. The van der Waals surface area contributed by atoms with Gasteiger partial charge in [-0.1, -0.05) is 28.1 Å². The van der Waals surface area contributed by atoms with Gasteiger partial charge in [-0.3, -0.25) is 19.3 Å². The van der Waals surface area contributed by atoms with E-state index in [0.717, 1.165) is 14.9 Å². The summed E-state index contributed by atoms with van der Waals surface area (Å²) in [5.74, 6) is -0.161. The number of carbonyl (C=O) groups excluding carboxylic acids is 3. The maximum absolute atomic E-state index is 12.5. The lowest BCUT2D eigenvalue weighted by Crippen LogP contribution is -2.35. The van der Waals surface area contributed by atoms with E-state index in [0.29, 0.717) is 23.4 Å². The summed E-state index contributed by atoms with van der Waals surface area (Å²) in [4.78, 5) is 39.9. The smallest absolute Gasteiger partial charge is 0.261 e. The molecule has 0 radical (unpaired) electrons. The summed E-state index contributed by atoms with van der Waals surface area (Å²) in [5.41, 5.74) is 1.65. The standard InChI is InChI=1S/C20H19BrN2O4/c1-22(12-13-11-14(21)7-8-17(13)27-2)18(24)9-10-23-19(25)15-5-3-4-6-16(15)20(23)26/h3-8,11H,9-10,12H2,1-2H3. The van der Waals surface area contributed by atoms with Crippen LogP contribution in [0.15, 0.2) is 46.9 Å². The molecule has 0 saturated carbocycles. The largest absolute Gasteiger partial charge is 0.496 e. The third kappa shape index (κ3) is 3.88. The molecule has 0 aliphatic carbocycles. The van der Waals surface area contributed by atoms with E-state index in [9.17, 15) is 14.4 Å². The minimum Gasteiger partial charge on any atom is -0.496 e. The van der Waals surface area contributed by atoms with Crippen LogP contribution in [0, 0.1) is 0 Å². The molecule has 27 heavy (non-hydrogen) atoms. The van der Waals surface area contributed by atoms with Gasteiger partial charge >= 0.3 is 0 Å². The molecule has 0 aromatic heterocycles. The van der Waals surface area contributed by atoms with Crippen molar-refractivity contribution in [3.8, 4) is 5.75 Å². The topological polar surface area (TPSA) is 66.9 Å². The summed E-state index contributed by atoms with van der Waals surface area (Å²) in [6.07, 6.45) is 0.0677. The van der Waals surface area contributed by atoms with Crippen LogP contribution in [-0.2, 0) is 11.3 Å². The molecule has 1 aliphatic heterocycles. The zero-order valence-electron chi connectivity index (χ0n) is 15.1. The SMILES string of the molecule is COc1ccc(Br)cc1CN(C)C(=O)CCN1C(=O)c2ccccc2C1=O. The van der Waals surface area contributed by atoms with Gasteiger partial charge in [0.15, 0.2) is 0 Å². The van der Waals surface area contributed by atoms with E-state index < -0.39 is 0 Å². The fourth-order valence-electron chi connectivity index (χ4n) is 3.05. The fraction of sp³-hybridized carbons (Fsp3) is 0.250. The lowest BCUT2D eigenvalue weighted by Gasteiger charge is -2.20. The number of hydrogen-bond acceptors (Lipinski definition) is 4. The van der Waals surface area contributed by atoms with E-state index >= 15 is 0 Å². The summed E-state index contributed by atoms with van der Waals surface area (Å²) in [5, 5.41) is 0. The summed E-state index contributed by atoms with van der Waals surface area (Å²) < 4.78 is 6.22. The van der Waals surface area contributed by atoms with Crippen molar-refractivity contribution in [2.45, 2.75) is 13.0 Å². The zero-order valence-corrected chi connectivity index (χ0v) is 16.7. The second kappa shape index (κ2) is 7.92. The molecule has 140 valence electrons. The molecule has 0 unspecified atom stereocenters. The molecule has 1 heterocycles. The first-order chi connectivity index (χ1) is 12.9. The van der Waals surface area contributed by atoms with Crippen molar-refractivity contribution in [2.24, 2.45) is 0 Å². The number of halogens is 1. The normalized spacial score (nSPS) is 12.9. The van der Waals surface area contributed by atoms with E-state index in [1.54, 1.807) is 43.3 Å². The van der Waals surface area contributed by atoms with E-state index in [1.807, 2.05) is 18.2 Å². The van der Waals surface area contributed by atoms with E-state index in [1.165, 1.54) is 0 Å². The lowest BCUT2D eigenvalue weighted by atomic mass is 10.1. The first-order valence-corrected chi connectivity index (χ1v) is 9.23. The summed E-state index contributed by atoms with van der Waals surface area (Å²) in [7, 11) is 3.27. The van der Waals surface area contributed by atoms with Gasteiger partial charge in [0.25, 0.3) is 11.8 Å². The van der Waals surface area contributed by atoms with Crippen LogP contribution in [0.4, 0.5) is 0 Å². The fourth-order valence-corrected chi connectivity index (χ4v) is 3.46. The highest BCUT2D eigenvalue weighted by atomic mass is 79.9. The number of nitrogens with zero attached hydrogens (tertiary/aromatic N) is 2. The molecular weight excluding hydrogens is 412 g/mol. The van der Waals surface area contributed by atoms with Crippen molar-refractivity contribution in [3.63, 3.8) is 0 Å². The van der Waals surface area contributed by atoms with Crippen molar-refractivity contribution in [1.29, 1.82) is 0 Å². The number of fused-ring (bicyclic) bond motifs is 1. The Hall–Kier alpha value is -2.67. The predicted molar refractivity (Wildman–Crippen MR) is 104 cm³/mol. The van der Waals surface area contributed by atoms with Gasteiger partial charge in [0.2, 0.25) is 5.91 Å². The van der Waals surface area contributed by atoms with E-state index in [-0.39, 0.29) is 30.7 Å². The number of amides is 3. The number of hydrogen-bond donors (Lipinski definition) is 0. The molecule has 3 rings (SSSR count). The van der Waals surface area contributed by atoms with Gasteiger partial charge in [-0.25, -0.2) is 0 Å². The van der Waals surface area contributed by atoms with Crippen molar-refractivity contribution < 1.29 is 19.1 Å². The molecule has 0 fully saturated rings. The van der Waals surface area contributed by atoms with Gasteiger partial charge in [0.05, 0.1) is 18.2 Å². The molecule has 2 aromatic carbocycles. The highest BCUT2D eigenvalue weighted by Crippen LogP contribution is 2.25. The van der Waals surface area contributed by atoms with E-state index in [4.69, 9.17) is 4.74 Å². The summed E-state index contributed by atoms with van der Waals surface area (Å²) in [6.45, 7) is 0.425. The first-order valence-electron chi connectivity index (χ1n) is 8.44. The van der Waals surface area contributed by atoms with Gasteiger partial charge in [-0.2, -0.15) is 0 Å². The number of methoxy groups -OCH3 is 1. The Morgan fingerprint density at radius 1 is 1.11 bits per heavy atom. The Labute approximate surface area is 165 Å². The minimum absolute atomic E-state index is 0.0607. The molecule has 1 aliphatic rings. The third-order valence-corrected chi connectivity index (χ3v) is 5.00. The highest BCUT2D eigenvalue weighted by Gasteiger charge is 2.35. The Kier molecular flexibility index (Phi) is 5.60. The van der Waals surface area contributed by atoms with Crippen molar-refractivity contribution in [3.05, 3.63) is 63.6 Å². The van der Waals surface area contributed by atoms with Gasteiger partial charge in [-0.15, -0.1) is 0 Å². The van der Waals surface area contributed by atoms with Crippen molar-refractivity contribution in [1.82, 2.24) is 9.80 Å².